The van der Waals surface area contributed by atoms with E-state index in [2.05, 4.69) is 20.3 Å². The van der Waals surface area contributed by atoms with E-state index in [-0.39, 0.29) is 23.7 Å². The molecule has 2 aromatic rings. The molecule has 9 nitrogen and oxygen atoms in total. The zero-order valence-corrected chi connectivity index (χ0v) is 14.8. The summed E-state index contributed by atoms with van der Waals surface area (Å²) in [6.45, 7) is 5.48. The van der Waals surface area contributed by atoms with E-state index in [1.807, 2.05) is 36.9 Å². The maximum Gasteiger partial charge on any atom is 0.353 e. The average Bonchev–Trinajstić information content (AvgIpc) is 2.61. The summed E-state index contributed by atoms with van der Waals surface area (Å²) in [6.07, 6.45) is 3.68. The maximum absolute atomic E-state index is 11.7. The molecule has 0 spiro atoms. The smallest absolute Gasteiger partial charge is 0.353 e. The molecule has 0 aromatic carbocycles. The number of hydrogen-bond acceptors (Lipinski definition) is 8. The van der Waals surface area contributed by atoms with Crippen LogP contribution in [0.25, 0.3) is 0 Å². The molecule has 26 heavy (non-hydrogen) atoms. The minimum Gasteiger partial charge on any atom is -0.372 e. The SMILES string of the molecule is CC1CN(c2ncnc(NCCc3ccccn3)c2[N+](=O)[O-])CC(C)O1. The number of ether oxygens (including phenoxy) is 1. The molecule has 0 saturated carbocycles. The number of pyridine rings is 1. The minimum atomic E-state index is -0.427. The number of aromatic nitrogens is 3. The Bertz CT molecular complexity index is 747. The quantitative estimate of drug-likeness (QED) is 0.618. The molecule has 138 valence electrons. The molecule has 1 aliphatic rings. The van der Waals surface area contributed by atoms with Gasteiger partial charge in [-0.2, -0.15) is 0 Å². The summed E-state index contributed by atoms with van der Waals surface area (Å²) in [6, 6.07) is 5.68. The summed E-state index contributed by atoms with van der Waals surface area (Å²) in [5.41, 5.74) is 0.808. The maximum atomic E-state index is 11.7. The van der Waals surface area contributed by atoms with E-state index in [4.69, 9.17) is 4.74 Å². The van der Waals surface area contributed by atoms with Gasteiger partial charge < -0.3 is 15.0 Å². The predicted molar refractivity (Wildman–Crippen MR) is 97.3 cm³/mol. The van der Waals surface area contributed by atoms with Gasteiger partial charge in [0.25, 0.3) is 0 Å². The molecule has 0 aliphatic carbocycles. The van der Waals surface area contributed by atoms with Gasteiger partial charge in [0.1, 0.15) is 6.33 Å². The van der Waals surface area contributed by atoms with Crippen molar-refractivity contribution in [2.45, 2.75) is 32.5 Å². The lowest BCUT2D eigenvalue weighted by Gasteiger charge is -2.35. The number of nitrogens with zero attached hydrogens (tertiary/aromatic N) is 5. The number of hydrogen-bond donors (Lipinski definition) is 1. The molecule has 1 aliphatic heterocycles. The molecule has 2 aromatic heterocycles. The lowest BCUT2D eigenvalue weighted by molar-refractivity contribution is -0.383. The standard InChI is InChI=1S/C17H22N6O3/c1-12-9-22(10-13(2)26-12)17-15(23(24)25)16(20-11-21-17)19-8-6-14-5-3-4-7-18-14/h3-5,7,11-13H,6,8-10H2,1-2H3,(H,19,20,21). The Kier molecular flexibility index (Phi) is 5.57. The highest BCUT2D eigenvalue weighted by Crippen LogP contribution is 2.33. The van der Waals surface area contributed by atoms with Crippen LogP contribution in [0.15, 0.2) is 30.7 Å². The second-order valence-electron chi connectivity index (χ2n) is 6.31. The first-order valence-electron chi connectivity index (χ1n) is 8.58. The summed E-state index contributed by atoms with van der Waals surface area (Å²) >= 11 is 0. The van der Waals surface area contributed by atoms with E-state index < -0.39 is 4.92 Å². The summed E-state index contributed by atoms with van der Waals surface area (Å²) in [5, 5.41) is 14.8. The van der Waals surface area contributed by atoms with Crippen molar-refractivity contribution in [3.8, 4) is 0 Å². The zero-order valence-electron chi connectivity index (χ0n) is 14.8. The topological polar surface area (TPSA) is 106 Å². The largest absolute Gasteiger partial charge is 0.372 e. The molecule has 9 heteroatoms. The zero-order chi connectivity index (χ0) is 18.5. The normalized spacial score (nSPS) is 20.0. The van der Waals surface area contributed by atoms with Gasteiger partial charge in [-0.25, -0.2) is 9.97 Å². The Morgan fingerprint density at radius 3 is 2.69 bits per heavy atom. The Morgan fingerprint density at radius 2 is 2.04 bits per heavy atom. The Hall–Kier alpha value is -2.81. The second-order valence-corrected chi connectivity index (χ2v) is 6.31. The first kappa shape index (κ1) is 18.0. The third kappa shape index (κ3) is 4.23. The number of nitrogens with one attached hydrogen (secondary N) is 1. The molecular weight excluding hydrogens is 336 g/mol. The van der Waals surface area contributed by atoms with Crippen LogP contribution in [0, 0.1) is 10.1 Å². The summed E-state index contributed by atoms with van der Waals surface area (Å²) in [7, 11) is 0. The van der Waals surface area contributed by atoms with Crippen LogP contribution in [0.3, 0.4) is 0 Å². The fourth-order valence-electron chi connectivity index (χ4n) is 3.10. The molecule has 0 radical (unpaired) electrons. The van der Waals surface area contributed by atoms with E-state index in [1.165, 1.54) is 6.33 Å². The summed E-state index contributed by atoms with van der Waals surface area (Å²) < 4.78 is 5.70. The third-order valence-electron chi connectivity index (χ3n) is 4.10. The van der Waals surface area contributed by atoms with Crippen LogP contribution in [0.1, 0.15) is 19.5 Å². The molecule has 1 fully saturated rings. The van der Waals surface area contributed by atoms with Crippen LogP contribution in [0.5, 0.6) is 0 Å². The Labute approximate surface area is 151 Å². The second kappa shape index (κ2) is 8.05. The van der Waals surface area contributed by atoms with Gasteiger partial charge >= 0.3 is 5.69 Å². The lowest BCUT2D eigenvalue weighted by Crippen LogP contribution is -2.46. The molecule has 0 amide bonds. The molecular formula is C17H22N6O3. The third-order valence-corrected chi connectivity index (χ3v) is 4.10. The molecule has 3 rings (SSSR count). The van der Waals surface area contributed by atoms with Gasteiger partial charge in [-0.15, -0.1) is 0 Å². The first-order chi connectivity index (χ1) is 12.5. The lowest BCUT2D eigenvalue weighted by atomic mass is 10.2. The minimum absolute atomic E-state index is 0.0196. The van der Waals surface area contributed by atoms with Crippen molar-refractivity contribution < 1.29 is 9.66 Å². The Balaban J connectivity index is 1.78. The van der Waals surface area contributed by atoms with Crippen molar-refractivity contribution in [1.82, 2.24) is 15.0 Å². The summed E-state index contributed by atoms with van der Waals surface area (Å²) in [4.78, 5) is 25.7. The van der Waals surface area contributed by atoms with Gasteiger partial charge in [-0.1, -0.05) is 6.07 Å². The van der Waals surface area contributed by atoms with Crippen molar-refractivity contribution in [2.24, 2.45) is 0 Å². The highest BCUT2D eigenvalue weighted by molar-refractivity contribution is 5.70. The van der Waals surface area contributed by atoms with Gasteiger partial charge in [0.05, 0.1) is 17.1 Å². The fraction of sp³-hybridized carbons (Fsp3) is 0.471. The van der Waals surface area contributed by atoms with Crippen LogP contribution in [0.4, 0.5) is 17.3 Å². The van der Waals surface area contributed by atoms with Crippen LogP contribution in [-0.2, 0) is 11.2 Å². The van der Waals surface area contributed by atoms with Crippen LogP contribution in [0.2, 0.25) is 0 Å². The van der Waals surface area contributed by atoms with Crippen LogP contribution in [-0.4, -0.2) is 51.7 Å². The molecule has 1 saturated heterocycles. The first-order valence-corrected chi connectivity index (χ1v) is 8.58. The number of nitro groups is 1. The van der Waals surface area contributed by atoms with Gasteiger partial charge in [-0.05, 0) is 26.0 Å². The van der Waals surface area contributed by atoms with E-state index >= 15 is 0 Å². The van der Waals surface area contributed by atoms with Crippen LogP contribution >= 0.6 is 0 Å². The van der Waals surface area contributed by atoms with E-state index in [1.54, 1.807) is 6.20 Å². The van der Waals surface area contributed by atoms with Crippen molar-refractivity contribution in [1.29, 1.82) is 0 Å². The van der Waals surface area contributed by atoms with Gasteiger partial charge in [0.2, 0.25) is 11.6 Å². The predicted octanol–water partition coefficient (Wildman–Crippen LogP) is 2.05. The van der Waals surface area contributed by atoms with Crippen molar-refractivity contribution in [3.63, 3.8) is 0 Å². The van der Waals surface area contributed by atoms with Crippen molar-refractivity contribution in [3.05, 3.63) is 46.5 Å². The van der Waals surface area contributed by atoms with Crippen LogP contribution < -0.4 is 10.2 Å². The van der Waals surface area contributed by atoms with E-state index in [0.29, 0.717) is 31.9 Å². The number of rotatable bonds is 6. The average molecular weight is 358 g/mol. The highest BCUT2D eigenvalue weighted by Gasteiger charge is 2.31. The van der Waals surface area contributed by atoms with Gasteiger partial charge in [0, 0.05) is 37.9 Å². The molecule has 0 bridgehead atoms. The number of morpholine rings is 1. The van der Waals surface area contributed by atoms with E-state index in [9.17, 15) is 10.1 Å². The van der Waals surface area contributed by atoms with E-state index in [0.717, 1.165) is 5.69 Å². The summed E-state index contributed by atoms with van der Waals surface area (Å²) in [5.74, 6) is 0.551. The molecule has 1 N–H and O–H groups in total. The molecule has 2 unspecified atom stereocenters. The van der Waals surface area contributed by atoms with Crippen molar-refractivity contribution >= 4 is 17.3 Å². The van der Waals surface area contributed by atoms with Gasteiger partial charge in [0.15, 0.2) is 0 Å². The number of anilines is 2. The fourth-order valence-corrected chi connectivity index (χ4v) is 3.10. The monoisotopic (exact) mass is 358 g/mol. The molecule has 3 heterocycles. The van der Waals surface area contributed by atoms with Crippen molar-refractivity contribution in [2.75, 3.05) is 29.9 Å². The Morgan fingerprint density at radius 1 is 1.27 bits per heavy atom. The highest BCUT2D eigenvalue weighted by atomic mass is 16.6. The van der Waals surface area contributed by atoms with Gasteiger partial charge in [-0.3, -0.25) is 15.1 Å². The molecule has 2 atom stereocenters.